The van der Waals surface area contributed by atoms with E-state index < -0.39 is 0 Å². The number of carbonyl (C=O) groups is 1. The summed E-state index contributed by atoms with van der Waals surface area (Å²) in [5.41, 5.74) is 2.91. The van der Waals surface area contributed by atoms with E-state index in [4.69, 9.17) is 5.21 Å². The van der Waals surface area contributed by atoms with Gasteiger partial charge in [-0.3, -0.25) is 10.0 Å². The highest BCUT2D eigenvalue weighted by atomic mass is 35.5. The minimum atomic E-state index is -0.311. The van der Waals surface area contributed by atoms with Gasteiger partial charge in [0.05, 0.1) is 5.39 Å². The van der Waals surface area contributed by atoms with Crippen molar-refractivity contribution in [2.24, 2.45) is 0 Å². The lowest BCUT2D eigenvalue weighted by Gasteiger charge is -2.05. The number of halogens is 1. The van der Waals surface area contributed by atoms with Crippen LogP contribution in [0.2, 0.25) is 0 Å². The Balaban J connectivity index is 0.00000208. The number of amides is 1. The SMILES string of the molecule is O=C(CCCCC[n+]1cc2ccccc2c2ccccc21)NO.[Cl-]. The van der Waals surface area contributed by atoms with Crippen molar-refractivity contribution in [2.45, 2.75) is 32.2 Å². The largest absolute Gasteiger partial charge is 1.00 e. The molecule has 1 aromatic heterocycles. The maximum atomic E-state index is 11.0. The van der Waals surface area contributed by atoms with Crippen LogP contribution in [0.15, 0.2) is 54.7 Å². The summed E-state index contributed by atoms with van der Waals surface area (Å²) in [6.07, 6.45) is 5.34. The first kappa shape index (κ1) is 18.2. The molecular formula is C19H21ClN2O2. The molecule has 0 fully saturated rings. The number of hydrogen-bond acceptors (Lipinski definition) is 2. The molecule has 0 radical (unpaired) electrons. The van der Waals surface area contributed by atoms with Gasteiger partial charge in [0, 0.05) is 29.7 Å². The third-order valence-corrected chi connectivity index (χ3v) is 4.19. The standard InChI is InChI=1S/C19H20N2O2.ClH/c22-19(20-23)12-2-1-7-13-21-14-15-8-3-4-9-16(15)17-10-5-6-11-18(17)21;/h3-6,8-11,14H,1-2,7,12-13H2,(H-,20,22,23);1H. The molecule has 0 bridgehead atoms. The Hall–Kier alpha value is -2.17. The van der Waals surface area contributed by atoms with Crippen molar-refractivity contribution in [2.75, 3.05) is 0 Å². The molecule has 0 aliphatic rings. The molecule has 4 nitrogen and oxygen atoms in total. The van der Waals surface area contributed by atoms with E-state index in [0.717, 1.165) is 25.8 Å². The van der Waals surface area contributed by atoms with Crippen molar-refractivity contribution in [3.63, 3.8) is 0 Å². The van der Waals surface area contributed by atoms with Crippen LogP contribution >= 0.6 is 0 Å². The van der Waals surface area contributed by atoms with Crippen LogP contribution in [0.1, 0.15) is 25.7 Å². The minimum absolute atomic E-state index is 0. The van der Waals surface area contributed by atoms with Gasteiger partial charge < -0.3 is 12.4 Å². The predicted molar refractivity (Wildman–Crippen MR) is 90.0 cm³/mol. The van der Waals surface area contributed by atoms with Crippen molar-refractivity contribution >= 4 is 27.6 Å². The number of nitrogens with one attached hydrogen (secondary N) is 1. The predicted octanol–water partition coefficient (Wildman–Crippen LogP) is 0.350. The molecule has 3 rings (SSSR count). The molecule has 0 saturated carbocycles. The maximum Gasteiger partial charge on any atom is 0.243 e. The number of benzene rings is 2. The van der Waals surface area contributed by atoms with Crippen LogP contribution in [0.5, 0.6) is 0 Å². The van der Waals surface area contributed by atoms with Gasteiger partial charge >= 0.3 is 0 Å². The molecule has 1 amide bonds. The Kier molecular flexibility index (Phi) is 6.53. The average molecular weight is 345 g/mol. The zero-order valence-corrected chi connectivity index (χ0v) is 14.2. The van der Waals surface area contributed by atoms with E-state index in [1.165, 1.54) is 21.7 Å². The third-order valence-electron chi connectivity index (χ3n) is 4.19. The summed E-state index contributed by atoms with van der Waals surface area (Å²) < 4.78 is 2.30. The molecular weight excluding hydrogens is 324 g/mol. The van der Waals surface area contributed by atoms with Gasteiger partial charge in [-0.05, 0) is 25.0 Å². The smallest absolute Gasteiger partial charge is 0.243 e. The number of fused-ring (bicyclic) bond motifs is 3. The number of aryl methyl sites for hydroxylation is 1. The number of nitrogens with zero attached hydrogens (tertiary/aromatic N) is 1. The van der Waals surface area contributed by atoms with Gasteiger partial charge in [-0.25, -0.2) is 5.48 Å². The molecule has 24 heavy (non-hydrogen) atoms. The van der Waals surface area contributed by atoms with Crippen LogP contribution in [-0.2, 0) is 11.3 Å². The number of pyridine rings is 1. The Bertz CT molecular complexity index is 836. The Morgan fingerprint density at radius 2 is 1.67 bits per heavy atom. The van der Waals surface area contributed by atoms with E-state index >= 15 is 0 Å². The molecule has 3 aromatic rings. The second-order valence-corrected chi connectivity index (χ2v) is 5.77. The summed E-state index contributed by atoms with van der Waals surface area (Å²) in [5.74, 6) is -0.311. The summed E-state index contributed by atoms with van der Waals surface area (Å²) in [6.45, 7) is 0.923. The normalized spacial score (nSPS) is 10.5. The zero-order chi connectivity index (χ0) is 16.1. The molecule has 0 unspecified atom stereocenters. The first-order valence-corrected chi connectivity index (χ1v) is 8.02. The van der Waals surface area contributed by atoms with Gasteiger partial charge in [-0.1, -0.05) is 30.3 Å². The van der Waals surface area contributed by atoms with Gasteiger partial charge in [0.15, 0.2) is 6.20 Å². The quantitative estimate of drug-likeness (QED) is 0.223. The maximum absolute atomic E-state index is 11.0. The van der Waals surface area contributed by atoms with Gasteiger partial charge in [0.1, 0.15) is 6.54 Å². The highest BCUT2D eigenvalue weighted by molar-refractivity contribution is 6.03. The molecule has 0 atom stereocenters. The van der Waals surface area contributed by atoms with Gasteiger partial charge in [-0.15, -0.1) is 0 Å². The Labute approximate surface area is 147 Å². The summed E-state index contributed by atoms with van der Waals surface area (Å²) in [4.78, 5) is 11.0. The van der Waals surface area contributed by atoms with E-state index in [1.807, 2.05) is 0 Å². The fourth-order valence-electron chi connectivity index (χ4n) is 3.03. The van der Waals surface area contributed by atoms with Crippen molar-refractivity contribution in [1.82, 2.24) is 5.48 Å². The molecule has 1 heterocycles. The second kappa shape index (κ2) is 8.62. The summed E-state index contributed by atoms with van der Waals surface area (Å²) in [6, 6.07) is 16.9. The van der Waals surface area contributed by atoms with Crippen LogP contribution in [0, 0.1) is 0 Å². The number of unbranched alkanes of at least 4 members (excludes halogenated alkanes) is 2. The monoisotopic (exact) mass is 344 g/mol. The van der Waals surface area contributed by atoms with Gasteiger partial charge in [0.25, 0.3) is 0 Å². The van der Waals surface area contributed by atoms with Crippen LogP contribution < -0.4 is 22.5 Å². The van der Waals surface area contributed by atoms with Gasteiger partial charge in [0.2, 0.25) is 11.4 Å². The first-order chi connectivity index (χ1) is 11.3. The lowest BCUT2D eigenvalue weighted by atomic mass is 10.1. The van der Waals surface area contributed by atoms with Crippen LogP contribution in [0.4, 0.5) is 0 Å². The number of carbonyl (C=O) groups excluding carboxylic acids is 1. The fourth-order valence-corrected chi connectivity index (χ4v) is 3.03. The lowest BCUT2D eigenvalue weighted by molar-refractivity contribution is -0.670. The molecule has 0 aliphatic carbocycles. The van der Waals surface area contributed by atoms with E-state index in [-0.39, 0.29) is 18.3 Å². The van der Waals surface area contributed by atoms with Crippen LogP contribution in [0.25, 0.3) is 21.7 Å². The van der Waals surface area contributed by atoms with E-state index in [2.05, 4.69) is 59.3 Å². The van der Waals surface area contributed by atoms with E-state index in [0.29, 0.717) is 6.42 Å². The molecule has 5 heteroatoms. The van der Waals surface area contributed by atoms with E-state index in [1.54, 1.807) is 5.48 Å². The Morgan fingerprint density at radius 1 is 0.958 bits per heavy atom. The summed E-state index contributed by atoms with van der Waals surface area (Å²) >= 11 is 0. The second-order valence-electron chi connectivity index (χ2n) is 5.77. The van der Waals surface area contributed by atoms with Crippen LogP contribution in [-0.4, -0.2) is 11.1 Å². The number of hydroxylamine groups is 1. The van der Waals surface area contributed by atoms with Crippen molar-refractivity contribution < 1.29 is 27.0 Å². The molecule has 0 saturated heterocycles. The highest BCUT2D eigenvalue weighted by Gasteiger charge is 2.12. The number of para-hydroxylation sites is 1. The molecule has 2 aromatic carbocycles. The molecule has 126 valence electrons. The number of rotatable bonds is 6. The summed E-state index contributed by atoms with van der Waals surface area (Å²) in [5, 5.41) is 12.3. The zero-order valence-electron chi connectivity index (χ0n) is 13.4. The number of hydrogen-bond donors (Lipinski definition) is 2. The number of aromatic nitrogens is 1. The topological polar surface area (TPSA) is 53.2 Å². The van der Waals surface area contributed by atoms with Crippen molar-refractivity contribution in [3.05, 3.63) is 54.7 Å². The molecule has 0 spiro atoms. The molecule has 2 N–H and O–H groups in total. The summed E-state index contributed by atoms with van der Waals surface area (Å²) in [7, 11) is 0. The van der Waals surface area contributed by atoms with Crippen molar-refractivity contribution in [1.29, 1.82) is 0 Å². The molecule has 0 aliphatic heterocycles. The first-order valence-electron chi connectivity index (χ1n) is 8.02. The third kappa shape index (κ3) is 4.02. The Morgan fingerprint density at radius 3 is 2.46 bits per heavy atom. The highest BCUT2D eigenvalue weighted by Crippen LogP contribution is 2.22. The average Bonchev–Trinajstić information content (AvgIpc) is 2.61. The lowest BCUT2D eigenvalue weighted by Crippen LogP contribution is -3.00. The van der Waals surface area contributed by atoms with Gasteiger partial charge in [-0.2, -0.15) is 4.57 Å². The minimum Gasteiger partial charge on any atom is -1.00 e. The fraction of sp³-hybridized carbons (Fsp3) is 0.263. The van der Waals surface area contributed by atoms with E-state index in [9.17, 15) is 4.79 Å². The van der Waals surface area contributed by atoms with Crippen molar-refractivity contribution in [3.8, 4) is 0 Å². The van der Waals surface area contributed by atoms with Crippen LogP contribution in [0.3, 0.4) is 0 Å².